The molecule has 2 heterocycles. The molecular weight excluding hydrogens is 364 g/mol. The van der Waals surface area contributed by atoms with E-state index in [2.05, 4.69) is 15.4 Å². The van der Waals surface area contributed by atoms with Gasteiger partial charge in [0.05, 0.1) is 25.6 Å². The topological polar surface area (TPSA) is 78.3 Å². The Kier molecular flexibility index (Phi) is 5.75. The normalized spacial score (nSPS) is 10.7. The third kappa shape index (κ3) is 4.46. The summed E-state index contributed by atoms with van der Waals surface area (Å²) in [4.78, 5) is 16.8. The maximum absolute atomic E-state index is 12.2. The van der Waals surface area contributed by atoms with Gasteiger partial charge in [-0.1, -0.05) is 0 Å². The molecule has 142 valence electrons. The lowest BCUT2D eigenvalue weighted by molar-refractivity contribution is -0.116. The molecule has 1 aromatic carbocycles. The highest BCUT2D eigenvalue weighted by Gasteiger charge is 2.13. The molecule has 8 heteroatoms. The van der Waals surface area contributed by atoms with Gasteiger partial charge in [-0.15, -0.1) is 11.3 Å². The number of carbonyl (C=O) groups is 1. The average molecular weight is 386 g/mol. The Labute approximate surface area is 162 Å². The van der Waals surface area contributed by atoms with Crippen molar-refractivity contribution in [1.82, 2.24) is 14.8 Å². The molecule has 0 bridgehead atoms. The van der Waals surface area contributed by atoms with Crippen molar-refractivity contribution >= 4 is 22.4 Å². The molecule has 0 unspecified atom stereocenters. The van der Waals surface area contributed by atoms with Gasteiger partial charge in [-0.25, -0.2) is 4.98 Å². The molecule has 3 aromatic rings. The fourth-order valence-electron chi connectivity index (χ4n) is 2.76. The highest BCUT2D eigenvalue weighted by atomic mass is 32.1. The van der Waals surface area contributed by atoms with E-state index in [0.29, 0.717) is 29.6 Å². The number of aryl methyl sites for hydroxylation is 3. The monoisotopic (exact) mass is 386 g/mol. The molecule has 3 rings (SSSR count). The van der Waals surface area contributed by atoms with Gasteiger partial charge < -0.3 is 14.8 Å². The molecule has 0 fully saturated rings. The highest BCUT2D eigenvalue weighted by molar-refractivity contribution is 7.14. The van der Waals surface area contributed by atoms with Crippen molar-refractivity contribution in [2.45, 2.75) is 26.8 Å². The molecule has 0 radical (unpaired) electrons. The highest BCUT2D eigenvalue weighted by Crippen LogP contribution is 2.35. The van der Waals surface area contributed by atoms with E-state index in [1.54, 1.807) is 14.2 Å². The molecule has 1 N–H and O–H groups in total. The number of amides is 1. The zero-order valence-electron chi connectivity index (χ0n) is 15.8. The Balaban J connectivity index is 1.67. The van der Waals surface area contributed by atoms with E-state index in [1.165, 1.54) is 11.3 Å². The second-order valence-corrected chi connectivity index (χ2v) is 6.91. The number of aromatic nitrogens is 3. The lowest BCUT2D eigenvalue weighted by Gasteiger charge is -2.08. The van der Waals surface area contributed by atoms with E-state index < -0.39 is 0 Å². The Morgan fingerprint density at radius 2 is 2.04 bits per heavy atom. The maximum atomic E-state index is 12.2. The summed E-state index contributed by atoms with van der Waals surface area (Å²) in [6.07, 6.45) is 0.333. The van der Waals surface area contributed by atoms with Crippen LogP contribution in [0, 0.1) is 13.8 Å². The fraction of sp³-hybridized carbons (Fsp3) is 0.316. The SMILES string of the molecule is COc1ccc(OC)c(-c2csc(NC(=O)CCn3nc(C)cc3C)n2)c1. The molecule has 1 amide bonds. The van der Waals surface area contributed by atoms with Crippen molar-refractivity contribution < 1.29 is 14.3 Å². The molecule has 0 saturated heterocycles. The molecule has 2 aromatic heterocycles. The van der Waals surface area contributed by atoms with Gasteiger partial charge in [0.15, 0.2) is 5.13 Å². The van der Waals surface area contributed by atoms with Crippen LogP contribution in [0.4, 0.5) is 5.13 Å². The molecule has 0 saturated carbocycles. The maximum Gasteiger partial charge on any atom is 0.228 e. The van der Waals surface area contributed by atoms with Crippen molar-refractivity contribution in [3.05, 3.63) is 41.0 Å². The summed E-state index contributed by atoms with van der Waals surface area (Å²) in [5.74, 6) is 1.32. The van der Waals surface area contributed by atoms with Crippen LogP contribution in [0.2, 0.25) is 0 Å². The van der Waals surface area contributed by atoms with Crippen molar-refractivity contribution in [2.24, 2.45) is 0 Å². The summed E-state index contributed by atoms with van der Waals surface area (Å²) in [6.45, 7) is 4.45. The quantitative estimate of drug-likeness (QED) is 0.670. The van der Waals surface area contributed by atoms with Gasteiger partial charge in [0.25, 0.3) is 0 Å². The molecule has 0 aliphatic rings. The van der Waals surface area contributed by atoms with Gasteiger partial charge in [0.2, 0.25) is 5.91 Å². The molecule has 0 spiro atoms. The summed E-state index contributed by atoms with van der Waals surface area (Å²) in [7, 11) is 3.22. The van der Waals surface area contributed by atoms with Gasteiger partial charge in [-0.2, -0.15) is 5.10 Å². The Bertz CT molecular complexity index is 948. The van der Waals surface area contributed by atoms with E-state index in [0.717, 1.165) is 22.6 Å². The first-order valence-corrected chi connectivity index (χ1v) is 9.37. The van der Waals surface area contributed by atoms with Crippen LogP contribution >= 0.6 is 11.3 Å². The van der Waals surface area contributed by atoms with Crippen LogP contribution < -0.4 is 14.8 Å². The van der Waals surface area contributed by atoms with Gasteiger partial charge in [0.1, 0.15) is 11.5 Å². The zero-order valence-corrected chi connectivity index (χ0v) is 16.6. The van der Waals surface area contributed by atoms with Crippen LogP contribution in [0.25, 0.3) is 11.3 Å². The summed E-state index contributed by atoms with van der Waals surface area (Å²) in [5, 5.41) is 9.65. The predicted octanol–water partition coefficient (Wildman–Crippen LogP) is 3.67. The van der Waals surface area contributed by atoms with Crippen LogP contribution in [-0.2, 0) is 11.3 Å². The van der Waals surface area contributed by atoms with E-state index in [4.69, 9.17) is 9.47 Å². The standard InChI is InChI=1S/C19H22N4O3S/c1-12-9-13(2)23(22-12)8-7-18(24)21-19-20-16(11-27-19)15-10-14(25-3)5-6-17(15)26-4/h5-6,9-11H,7-8H2,1-4H3,(H,20,21,24). The minimum absolute atomic E-state index is 0.0962. The number of thiazole rings is 1. The van der Waals surface area contributed by atoms with Gasteiger partial charge in [0, 0.05) is 29.6 Å². The van der Waals surface area contributed by atoms with Crippen molar-refractivity contribution in [3.63, 3.8) is 0 Å². The Morgan fingerprint density at radius 1 is 1.22 bits per heavy atom. The number of hydrogen-bond acceptors (Lipinski definition) is 6. The average Bonchev–Trinajstić information content (AvgIpc) is 3.25. The number of benzene rings is 1. The number of rotatable bonds is 7. The summed E-state index contributed by atoms with van der Waals surface area (Å²) in [5.41, 5.74) is 3.53. The second-order valence-electron chi connectivity index (χ2n) is 6.05. The van der Waals surface area contributed by atoms with Crippen LogP contribution in [0.1, 0.15) is 17.8 Å². The number of nitrogens with zero attached hydrogens (tertiary/aromatic N) is 3. The molecule has 0 aliphatic carbocycles. The summed E-state index contributed by atoms with van der Waals surface area (Å²) < 4.78 is 12.5. The van der Waals surface area contributed by atoms with Crippen molar-refractivity contribution in [3.8, 4) is 22.8 Å². The first-order valence-electron chi connectivity index (χ1n) is 8.49. The van der Waals surface area contributed by atoms with Gasteiger partial charge >= 0.3 is 0 Å². The van der Waals surface area contributed by atoms with Crippen LogP contribution in [0.3, 0.4) is 0 Å². The Morgan fingerprint density at radius 3 is 2.70 bits per heavy atom. The summed E-state index contributed by atoms with van der Waals surface area (Å²) in [6, 6.07) is 7.52. The Hall–Kier alpha value is -2.87. The smallest absolute Gasteiger partial charge is 0.228 e. The largest absolute Gasteiger partial charge is 0.497 e. The number of nitrogens with one attached hydrogen (secondary N) is 1. The number of ether oxygens (including phenoxy) is 2. The predicted molar refractivity (Wildman–Crippen MR) is 106 cm³/mol. The molecular formula is C19H22N4O3S. The second kappa shape index (κ2) is 8.22. The molecule has 27 heavy (non-hydrogen) atoms. The lowest BCUT2D eigenvalue weighted by atomic mass is 10.1. The van der Waals surface area contributed by atoms with Crippen LogP contribution in [0.5, 0.6) is 11.5 Å². The van der Waals surface area contributed by atoms with Gasteiger partial charge in [-0.3, -0.25) is 9.48 Å². The minimum Gasteiger partial charge on any atom is -0.497 e. The first-order chi connectivity index (χ1) is 13.0. The van der Waals surface area contributed by atoms with Crippen LogP contribution in [0.15, 0.2) is 29.6 Å². The van der Waals surface area contributed by atoms with Crippen LogP contribution in [-0.4, -0.2) is 34.9 Å². The molecule has 7 nitrogen and oxygen atoms in total. The minimum atomic E-state index is -0.0962. The summed E-state index contributed by atoms with van der Waals surface area (Å²) >= 11 is 1.37. The molecule has 0 aliphatic heterocycles. The van der Waals surface area contributed by atoms with Gasteiger partial charge in [-0.05, 0) is 38.1 Å². The van der Waals surface area contributed by atoms with E-state index in [9.17, 15) is 4.79 Å². The van der Waals surface area contributed by atoms with E-state index >= 15 is 0 Å². The van der Waals surface area contributed by atoms with E-state index in [-0.39, 0.29) is 5.91 Å². The van der Waals surface area contributed by atoms with Crippen molar-refractivity contribution in [1.29, 1.82) is 0 Å². The first kappa shape index (κ1) is 18.9. The van der Waals surface area contributed by atoms with Crippen molar-refractivity contribution in [2.75, 3.05) is 19.5 Å². The fourth-order valence-corrected chi connectivity index (χ4v) is 3.49. The zero-order chi connectivity index (χ0) is 19.4. The molecule has 0 atom stereocenters. The third-order valence-corrected chi connectivity index (χ3v) is 4.84. The van der Waals surface area contributed by atoms with E-state index in [1.807, 2.05) is 48.2 Å². The third-order valence-electron chi connectivity index (χ3n) is 4.09. The lowest BCUT2D eigenvalue weighted by Crippen LogP contribution is -2.15. The number of methoxy groups -OCH3 is 2. The number of carbonyl (C=O) groups excluding carboxylic acids is 1. The number of hydrogen-bond donors (Lipinski definition) is 1. The number of anilines is 1.